The summed E-state index contributed by atoms with van der Waals surface area (Å²) in [5.41, 5.74) is 16.2. The Morgan fingerprint density at radius 1 is 1.31 bits per heavy atom. The van der Waals surface area contributed by atoms with E-state index in [1.165, 1.54) is 17.5 Å². The molecular formula is C30H42ClN3O2. The molecule has 1 saturated heterocycles. The Morgan fingerprint density at radius 2 is 2.11 bits per heavy atom. The van der Waals surface area contributed by atoms with Crippen LogP contribution in [0.3, 0.4) is 0 Å². The molecule has 5 nitrogen and oxygen atoms in total. The Bertz CT molecular complexity index is 1020. The molecule has 1 aliphatic heterocycles. The number of allylic oxidation sites excluding steroid dienone is 1. The van der Waals surface area contributed by atoms with E-state index in [1.807, 2.05) is 6.07 Å². The Morgan fingerprint density at radius 3 is 2.89 bits per heavy atom. The molecule has 36 heavy (non-hydrogen) atoms. The summed E-state index contributed by atoms with van der Waals surface area (Å²) in [4.78, 5) is 15.5. The summed E-state index contributed by atoms with van der Waals surface area (Å²) in [6.45, 7) is 5.49. The Kier molecular flexibility index (Phi) is 7.81. The van der Waals surface area contributed by atoms with Gasteiger partial charge in [0, 0.05) is 42.2 Å². The standard InChI is InChI=1S/C30H42ClN3O2/c1-30-12-11-26-25-10-7-22(31)17-20(25)6-9-27(26)29(30)21(18-28(30)35)5-8-23(33)3-2-4-24(19-32)34-13-15-36-16-14-34/h2,4,7,10,17,19,21,23,26-27,29H,3,5-6,8-9,11-16,18,32-33H2,1H3/b4-2-,24-19+/t21-,23?,26?,27?,29?,30-/m1/s1. The number of aryl methyl sites for hydroxylation is 1. The van der Waals surface area contributed by atoms with Gasteiger partial charge in [0.2, 0.25) is 0 Å². The molecule has 0 spiro atoms. The molecular weight excluding hydrogens is 470 g/mol. The number of carbonyl (C=O) groups excluding carboxylic acids is 1. The van der Waals surface area contributed by atoms with Crippen LogP contribution in [0.4, 0.5) is 0 Å². The van der Waals surface area contributed by atoms with Gasteiger partial charge in [0.15, 0.2) is 0 Å². The summed E-state index contributed by atoms with van der Waals surface area (Å²) in [6, 6.07) is 6.56. The van der Waals surface area contributed by atoms with Crippen molar-refractivity contribution in [2.45, 2.75) is 70.3 Å². The summed E-state index contributed by atoms with van der Waals surface area (Å²) in [5.74, 6) is 2.58. The highest BCUT2D eigenvalue weighted by Gasteiger charge is 2.58. The maximum atomic E-state index is 13.3. The van der Waals surface area contributed by atoms with E-state index in [0.717, 1.165) is 82.0 Å². The predicted octanol–water partition coefficient (Wildman–Crippen LogP) is 5.18. The molecule has 0 aromatic heterocycles. The molecule has 0 bridgehead atoms. The smallest absolute Gasteiger partial charge is 0.139 e. The number of rotatable bonds is 7. The zero-order chi connectivity index (χ0) is 25.3. The predicted molar refractivity (Wildman–Crippen MR) is 146 cm³/mol. The molecule has 1 aromatic rings. The summed E-state index contributed by atoms with van der Waals surface area (Å²) in [7, 11) is 0. The normalized spacial score (nSPS) is 33.4. The molecule has 4 unspecified atom stereocenters. The molecule has 6 atom stereocenters. The first-order valence-corrected chi connectivity index (χ1v) is 14.3. The van der Waals surface area contributed by atoms with Gasteiger partial charge in [0.25, 0.3) is 0 Å². The van der Waals surface area contributed by atoms with Crippen molar-refractivity contribution in [2.75, 3.05) is 26.3 Å². The molecule has 6 heteroatoms. The van der Waals surface area contributed by atoms with Gasteiger partial charge >= 0.3 is 0 Å². The van der Waals surface area contributed by atoms with Gasteiger partial charge in [-0.05, 0) is 98.0 Å². The second-order valence-corrected chi connectivity index (χ2v) is 12.1. The number of halogens is 1. The van der Waals surface area contributed by atoms with Crippen molar-refractivity contribution in [3.05, 3.63) is 58.4 Å². The molecule has 4 aliphatic rings. The lowest BCUT2D eigenvalue weighted by atomic mass is 9.54. The Balaban J connectivity index is 1.21. The lowest BCUT2D eigenvalue weighted by Gasteiger charge is -2.50. The summed E-state index contributed by atoms with van der Waals surface area (Å²) >= 11 is 6.30. The maximum Gasteiger partial charge on any atom is 0.139 e. The third kappa shape index (κ3) is 4.99. The number of carbonyl (C=O) groups is 1. The summed E-state index contributed by atoms with van der Waals surface area (Å²) in [5, 5.41) is 0.837. The third-order valence-electron chi connectivity index (χ3n) is 9.72. The average Bonchev–Trinajstić information content (AvgIpc) is 3.15. The number of fused-ring (bicyclic) bond motifs is 5. The fourth-order valence-electron chi connectivity index (χ4n) is 7.87. The van der Waals surface area contributed by atoms with Gasteiger partial charge in [-0.25, -0.2) is 0 Å². The monoisotopic (exact) mass is 511 g/mol. The Labute approximate surface area is 221 Å². The zero-order valence-corrected chi connectivity index (χ0v) is 22.4. The number of ketones is 1. The molecule has 4 N–H and O–H groups in total. The first-order valence-electron chi connectivity index (χ1n) is 13.9. The first kappa shape index (κ1) is 25.8. The van der Waals surface area contributed by atoms with Crippen LogP contribution >= 0.6 is 11.6 Å². The maximum absolute atomic E-state index is 13.3. The molecule has 2 saturated carbocycles. The van der Waals surface area contributed by atoms with E-state index in [0.29, 0.717) is 29.5 Å². The quantitative estimate of drug-likeness (QED) is 0.493. The van der Waals surface area contributed by atoms with E-state index < -0.39 is 0 Å². The molecule has 0 radical (unpaired) electrons. The lowest BCUT2D eigenvalue weighted by Crippen LogP contribution is -2.44. The van der Waals surface area contributed by atoms with Crippen LogP contribution in [0.1, 0.15) is 68.9 Å². The van der Waals surface area contributed by atoms with Gasteiger partial charge in [0.05, 0.1) is 18.9 Å². The van der Waals surface area contributed by atoms with Crippen molar-refractivity contribution in [2.24, 2.45) is 34.6 Å². The van der Waals surface area contributed by atoms with Crippen LogP contribution in [0.25, 0.3) is 0 Å². The lowest BCUT2D eigenvalue weighted by molar-refractivity contribution is -0.129. The average molecular weight is 512 g/mol. The zero-order valence-electron chi connectivity index (χ0n) is 21.6. The van der Waals surface area contributed by atoms with Gasteiger partial charge in [-0.15, -0.1) is 0 Å². The van der Waals surface area contributed by atoms with E-state index in [2.05, 4.69) is 36.1 Å². The van der Waals surface area contributed by atoms with E-state index in [1.54, 1.807) is 6.20 Å². The fraction of sp³-hybridized carbons (Fsp3) is 0.633. The molecule has 3 aliphatic carbocycles. The minimum Gasteiger partial charge on any atom is -0.403 e. The second-order valence-electron chi connectivity index (χ2n) is 11.7. The van der Waals surface area contributed by atoms with Crippen LogP contribution in [-0.2, 0) is 16.0 Å². The van der Waals surface area contributed by atoms with Crippen LogP contribution in [0.5, 0.6) is 0 Å². The molecule has 0 amide bonds. The van der Waals surface area contributed by atoms with Crippen LogP contribution in [0.15, 0.2) is 42.2 Å². The van der Waals surface area contributed by atoms with Gasteiger partial charge in [-0.2, -0.15) is 0 Å². The van der Waals surface area contributed by atoms with Crippen molar-refractivity contribution >= 4 is 17.4 Å². The topological polar surface area (TPSA) is 81.6 Å². The van der Waals surface area contributed by atoms with Crippen LogP contribution < -0.4 is 11.5 Å². The third-order valence-corrected chi connectivity index (χ3v) is 9.95. The van der Waals surface area contributed by atoms with E-state index in [4.69, 9.17) is 27.8 Å². The largest absolute Gasteiger partial charge is 0.403 e. The highest BCUT2D eigenvalue weighted by atomic mass is 35.5. The van der Waals surface area contributed by atoms with Crippen LogP contribution in [0, 0.1) is 23.2 Å². The van der Waals surface area contributed by atoms with Gasteiger partial charge in [0.1, 0.15) is 5.78 Å². The highest BCUT2D eigenvalue weighted by molar-refractivity contribution is 6.30. The molecule has 5 rings (SSSR count). The number of nitrogens with two attached hydrogens (primary N) is 2. The van der Waals surface area contributed by atoms with Crippen LogP contribution in [-0.4, -0.2) is 43.0 Å². The van der Waals surface area contributed by atoms with Crippen molar-refractivity contribution in [3.63, 3.8) is 0 Å². The van der Waals surface area contributed by atoms with Crippen molar-refractivity contribution in [1.82, 2.24) is 4.90 Å². The van der Waals surface area contributed by atoms with E-state index >= 15 is 0 Å². The minimum absolute atomic E-state index is 0.0977. The summed E-state index contributed by atoms with van der Waals surface area (Å²) < 4.78 is 5.44. The number of benzene rings is 1. The van der Waals surface area contributed by atoms with Crippen LogP contribution in [0.2, 0.25) is 5.02 Å². The second kappa shape index (κ2) is 10.9. The first-order chi connectivity index (χ1) is 17.4. The SMILES string of the molecule is C[C@]12CCC3c4ccc(Cl)cc4CCC3C1[C@H](CCC(N)C/C=C\C(=C/N)N1CCOCC1)CC2=O. The van der Waals surface area contributed by atoms with Gasteiger partial charge in [-0.3, -0.25) is 4.79 Å². The van der Waals surface area contributed by atoms with Crippen molar-refractivity contribution < 1.29 is 9.53 Å². The fourth-order valence-corrected chi connectivity index (χ4v) is 8.07. The molecule has 1 heterocycles. The number of hydrogen-bond acceptors (Lipinski definition) is 5. The number of nitrogens with zero attached hydrogens (tertiary/aromatic N) is 1. The number of hydrogen-bond donors (Lipinski definition) is 2. The Hall–Kier alpha value is -1.82. The molecule has 196 valence electrons. The van der Waals surface area contributed by atoms with E-state index in [-0.39, 0.29) is 11.5 Å². The van der Waals surface area contributed by atoms with Gasteiger partial charge in [-0.1, -0.05) is 30.7 Å². The molecule has 3 fully saturated rings. The highest BCUT2D eigenvalue weighted by Crippen LogP contribution is 2.62. The van der Waals surface area contributed by atoms with Crippen molar-refractivity contribution in [3.8, 4) is 0 Å². The minimum atomic E-state index is -0.154. The number of ether oxygens (including phenoxy) is 1. The number of morpholine rings is 1. The van der Waals surface area contributed by atoms with Crippen molar-refractivity contribution in [1.29, 1.82) is 0 Å². The number of Topliss-reactive ketones (excluding diaryl/α,β-unsaturated/α-hetero) is 1. The molecule has 1 aromatic carbocycles. The summed E-state index contributed by atoms with van der Waals surface area (Å²) in [6.07, 6.45) is 13.9. The van der Waals surface area contributed by atoms with Gasteiger partial charge < -0.3 is 21.1 Å². The van der Waals surface area contributed by atoms with E-state index in [9.17, 15) is 4.79 Å².